The van der Waals surface area contributed by atoms with Crippen LogP contribution in [-0.4, -0.2) is 66.4 Å². The van der Waals surface area contributed by atoms with Gasteiger partial charge in [0.15, 0.2) is 0 Å². The zero-order valence-electron chi connectivity index (χ0n) is 19.2. The van der Waals surface area contributed by atoms with Gasteiger partial charge in [-0.25, -0.2) is 18.4 Å². The topological polar surface area (TPSA) is 106 Å². The first-order chi connectivity index (χ1) is 17.3. The van der Waals surface area contributed by atoms with Crippen LogP contribution in [0.2, 0.25) is 5.02 Å². The van der Waals surface area contributed by atoms with Gasteiger partial charge in [-0.3, -0.25) is 9.78 Å². The fourth-order valence-corrected chi connectivity index (χ4v) is 7.43. The molecule has 0 aliphatic carbocycles. The van der Waals surface area contributed by atoms with Crippen molar-refractivity contribution >= 4 is 55.0 Å². The van der Waals surface area contributed by atoms with Crippen LogP contribution in [0.3, 0.4) is 0 Å². The number of anilines is 1. The summed E-state index contributed by atoms with van der Waals surface area (Å²) >= 11 is 7.25. The largest absolute Gasteiger partial charge is 0.469 e. The molecule has 36 heavy (non-hydrogen) atoms. The van der Waals surface area contributed by atoms with Gasteiger partial charge >= 0.3 is 5.97 Å². The standard InChI is InChI=1S/C24H22ClN5O4S2/c1-34-22(31)12-19-15-29(36(32,33)23-10-16-5-6-18(25)11-21(16)35-23)8-9-30(19)24-27-13-17(14-28-24)20-4-2-3-7-26-20/h2-7,10-11,13-14,19H,8-9,12,15H2,1H3. The predicted octanol–water partition coefficient (Wildman–Crippen LogP) is 3.85. The van der Waals surface area contributed by atoms with Crippen molar-refractivity contribution in [1.82, 2.24) is 19.3 Å². The number of rotatable bonds is 6. The van der Waals surface area contributed by atoms with Crippen LogP contribution < -0.4 is 4.90 Å². The third-order valence-electron chi connectivity index (χ3n) is 5.98. The number of pyridine rings is 1. The average Bonchev–Trinajstić information content (AvgIpc) is 3.33. The Morgan fingerprint density at radius 1 is 1.14 bits per heavy atom. The summed E-state index contributed by atoms with van der Waals surface area (Å²) in [6.07, 6.45) is 5.03. The predicted molar refractivity (Wildman–Crippen MR) is 139 cm³/mol. The molecule has 0 spiro atoms. The van der Waals surface area contributed by atoms with Gasteiger partial charge in [0, 0.05) is 53.5 Å². The van der Waals surface area contributed by atoms with Crippen molar-refractivity contribution in [3.8, 4) is 11.3 Å². The second kappa shape index (κ2) is 10.1. The zero-order valence-corrected chi connectivity index (χ0v) is 21.6. The highest BCUT2D eigenvalue weighted by Gasteiger charge is 2.37. The van der Waals surface area contributed by atoms with Crippen LogP contribution in [0.15, 0.2) is 65.3 Å². The molecule has 1 unspecified atom stereocenters. The van der Waals surface area contributed by atoms with Crippen molar-refractivity contribution < 1.29 is 17.9 Å². The van der Waals surface area contributed by atoms with Gasteiger partial charge in [-0.05, 0) is 35.7 Å². The molecule has 9 nitrogen and oxygen atoms in total. The molecule has 12 heteroatoms. The number of hydrogen-bond donors (Lipinski definition) is 0. The number of methoxy groups -OCH3 is 1. The molecule has 1 aliphatic rings. The van der Waals surface area contributed by atoms with Crippen molar-refractivity contribution in [3.05, 3.63) is 66.1 Å². The maximum atomic E-state index is 13.5. The van der Waals surface area contributed by atoms with Gasteiger partial charge < -0.3 is 9.64 Å². The van der Waals surface area contributed by atoms with Crippen molar-refractivity contribution in [2.45, 2.75) is 16.7 Å². The lowest BCUT2D eigenvalue weighted by Crippen LogP contribution is -2.55. The van der Waals surface area contributed by atoms with Crippen molar-refractivity contribution in [2.75, 3.05) is 31.6 Å². The maximum Gasteiger partial charge on any atom is 0.307 e. The molecule has 3 aromatic heterocycles. The molecule has 186 valence electrons. The number of piperazine rings is 1. The summed E-state index contributed by atoms with van der Waals surface area (Å²) in [4.78, 5) is 27.3. The minimum Gasteiger partial charge on any atom is -0.469 e. The van der Waals surface area contributed by atoms with Crippen LogP contribution >= 0.6 is 22.9 Å². The molecule has 0 radical (unpaired) electrons. The Labute approximate surface area is 217 Å². The number of esters is 1. The SMILES string of the molecule is COC(=O)CC1CN(S(=O)(=O)c2cc3ccc(Cl)cc3s2)CCN1c1ncc(-c2ccccn2)cn1. The molecule has 1 fully saturated rings. The quantitative estimate of drug-likeness (QED) is 0.338. The van der Waals surface area contributed by atoms with E-state index in [2.05, 4.69) is 15.0 Å². The normalized spacial score (nSPS) is 16.8. The van der Waals surface area contributed by atoms with E-state index in [1.807, 2.05) is 23.1 Å². The molecular weight excluding hydrogens is 522 g/mol. The van der Waals surface area contributed by atoms with Crippen molar-refractivity contribution in [3.63, 3.8) is 0 Å². The minimum absolute atomic E-state index is 0.00407. The molecule has 1 saturated heterocycles. The number of carbonyl (C=O) groups is 1. The van der Waals surface area contributed by atoms with E-state index in [-0.39, 0.29) is 23.7 Å². The average molecular weight is 544 g/mol. The number of fused-ring (bicyclic) bond motifs is 1. The fourth-order valence-electron chi connectivity index (χ4n) is 4.13. The van der Waals surface area contributed by atoms with Gasteiger partial charge in [-0.15, -0.1) is 11.3 Å². The molecule has 1 aromatic carbocycles. The van der Waals surface area contributed by atoms with Crippen LogP contribution in [0.5, 0.6) is 0 Å². The first-order valence-electron chi connectivity index (χ1n) is 11.1. The number of thiophene rings is 1. The summed E-state index contributed by atoms with van der Waals surface area (Å²) in [7, 11) is -2.47. The highest BCUT2D eigenvalue weighted by molar-refractivity contribution is 7.91. The van der Waals surface area contributed by atoms with Gasteiger partial charge in [0.1, 0.15) is 4.21 Å². The lowest BCUT2D eigenvalue weighted by atomic mass is 10.1. The Balaban J connectivity index is 1.40. The van der Waals surface area contributed by atoms with Crippen LogP contribution in [-0.2, 0) is 19.6 Å². The van der Waals surface area contributed by atoms with Crippen LogP contribution in [0, 0.1) is 0 Å². The third kappa shape index (κ3) is 4.92. The maximum absolute atomic E-state index is 13.5. The van der Waals surface area contributed by atoms with E-state index < -0.39 is 22.0 Å². The van der Waals surface area contributed by atoms with Crippen LogP contribution in [0.25, 0.3) is 21.3 Å². The van der Waals surface area contributed by atoms with E-state index in [1.165, 1.54) is 22.8 Å². The summed E-state index contributed by atoms with van der Waals surface area (Å²) in [5, 5.41) is 1.36. The Kier molecular flexibility index (Phi) is 6.89. The van der Waals surface area contributed by atoms with Crippen molar-refractivity contribution in [1.29, 1.82) is 0 Å². The lowest BCUT2D eigenvalue weighted by molar-refractivity contribution is -0.141. The van der Waals surface area contributed by atoms with Gasteiger partial charge in [0.05, 0.1) is 25.3 Å². The molecule has 0 bridgehead atoms. The molecule has 5 rings (SSSR count). The van der Waals surface area contributed by atoms with E-state index >= 15 is 0 Å². The Bertz CT molecular complexity index is 1500. The molecule has 0 saturated carbocycles. The monoisotopic (exact) mass is 543 g/mol. The highest BCUT2D eigenvalue weighted by atomic mass is 35.5. The summed E-state index contributed by atoms with van der Waals surface area (Å²) < 4.78 is 34.4. The van der Waals surface area contributed by atoms with E-state index in [0.717, 1.165) is 21.3 Å². The fraction of sp³-hybridized carbons (Fsp3) is 0.250. The Hall–Kier alpha value is -3.12. The number of aromatic nitrogens is 3. The summed E-state index contributed by atoms with van der Waals surface area (Å²) in [6, 6.07) is 12.0. The van der Waals surface area contributed by atoms with Gasteiger partial charge in [-0.1, -0.05) is 23.7 Å². The molecule has 1 atom stereocenters. The molecule has 4 aromatic rings. The molecule has 0 amide bonds. The first-order valence-corrected chi connectivity index (χ1v) is 13.7. The van der Waals surface area contributed by atoms with Gasteiger partial charge in [-0.2, -0.15) is 4.31 Å². The molecule has 1 aliphatic heterocycles. The first kappa shape index (κ1) is 24.6. The van der Waals surface area contributed by atoms with E-state index in [0.29, 0.717) is 17.5 Å². The van der Waals surface area contributed by atoms with E-state index in [1.54, 1.807) is 42.9 Å². The Morgan fingerprint density at radius 2 is 1.94 bits per heavy atom. The van der Waals surface area contributed by atoms with Crippen LogP contribution in [0.4, 0.5) is 5.95 Å². The number of nitrogens with zero attached hydrogens (tertiary/aromatic N) is 5. The van der Waals surface area contributed by atoms with Crippen LogP contribution in [0.1, 0.15) is 6.42 Å². The van der Waals surface area contributed by atoms with Gasteiger partial charge in [0.2, 0.25) is 5.95 Å². The third-order valence-corrected chi connectivity index (χ3v) is 9.63. The number of sulfonamides is 1. The second-order valence-electron chi connectivity index (χ2n) is 8.22. The number of hydrogen-bond acceptors (Lipinski definition) is 9. The lowest BCUT2D eigenvalue weighted by Gasteiger charge is -2.40. The summed E-state index contributed by atoms with van der Waals surface area (Å²) in [5.74, 6) is -0.0250. The van der Waals surface area contributed by atoms with Crippen molar-refractivity contribution in [2.24, 2.45) is 0 Å². The van der Waals surface area contributed by atoms with E-state index in [4.69, 9.17) is 16.3 Å². The molecule has 0 N–H and O–H groups in total. The summed E-state index contributed by atoms with van der Waals surface area (Å²) in [6.45, 7) is 0.638. The smallest absolute Gasteiger partial charge is 0.307 e. The number of benzene rings is 1. The summed E-state index contributed by atoms with van der Waals surface area (Å²) in [5.41, 5.74) is 1.51. The number of halogens is 1. The molecular formula is C24H22ClN5O4S2. The molecule has 4 heterocycles. The Morgan fingerprint density at radius 3 is 2.67 bits per heavy atom. The number of carbonyl (C=O) groups excluding carboxylic acids is 1. The zero-order chi connectivity index (χ0) is 25.3. The van der Waals surface area contributed by atoms with E-state index in [9.17, 15) is 13.2 Å². The minimum atomic E-state index is -3.78. The second-order valence-corrected chi connectivity index (χ2v) is 11.9. The number of ether oxygens (including phenoxy) is 1. The highest BCUT2D eigenvalue weighted by Crippen LogP contribution is 2.34. The van der Waals surface area contributed by atoms with Gasteiger partial charge in [0.25, 0.3) is 10.0 Å².